The van der Waals surface area contributed by atoms with E-state index in [0.29, 0.717) is 12.6 Å². The van der Waals surface area contributed by atoms with Crippen LogP contribution in [0.5, 0.6) is 5.75 Å². The molecule has 21 heavy (non-hydrogen) atoms. The van der Waals surface area contributed by atoms with Gasteiger partial charge in [-0.1, -0.05) is 31.9 Å². The molecule has 0 aliphatic heterocycles. The molecule has 2 N–H and O–H groups in total. The van der Waals surface area contributed by atoms with Crippen LogP contribution in [-0.4, -0.2) is 24.3 Å². The monoisotopic (exact) mass is 291 g/mol. The van der Waals surface area contributed by atoms with E-state index in [1.165, 1.54) is 25.7 Å². The van der Waals surface area contributed by atoms with E-state index in [4.69, 9.17) is 4.74 Å². The Labute approximate surface area is 128 Å². The van der Waals surface area contributed by atoms with Gasteiger partial charge in [0, 0.05) is 6.04 Å². The number of hydrogen-bond donors (Lipinski definition) is 2. The molecule has 0 saturated heterocycles. The molecular weight excluding hydrogens is 262 g/mol. The molecule has 1 fully saturated rings. The van der Waals surface area contributed by atoms with Crippen LogP contribution in [0.2, 0.25) is 0 Å². The molecule has 1 aliphatic carbocycles. The molecule has 0 spiro atoms. The molecular formula is C18H29NO2. The summed E-state index contributed by atoms with van der Waals surface area (Å²) < 4.78 is 5.42. The van der Waals surface area contributed by atoms with Gasteiger partial charge < -0.3 is 15.2 Å². The number of benzene rings is 1. The van der Waals surface area contributed by atoms with Crippen molar-refractivity contribution in [3.63, 3.8) is 0 Å². The lowest BCUT2D eigenvalue weighted by atomic mass is 9.86. The van der Waals surface area contributed by atoms with Crippen molar-refractivity contribution in [1.29, 1.82) is 0 Å². The van der Waals surface area contributed by atoms with Crippen molar-refractivity contribution >= 4 is 0 Å². The minimum absolute atomic E-state index is 0.396. The van der Waals surface area contributed by atoms with E-state index in [0.717, 1.165) is 30.2 Å². The fraction of sp³-hybridized carbons (Fsp3) is 0.667. The van der Waals surface area contributed by atoms with Crippen LogP contribution in [0.3, 0.4) is 0 Å². The Morgan fingerprint density at radius 1 is 1.24 bits per heavy atom. The summed E-state index contributed by atoms with van der Waals surface area (Å²) in [6, 6.07) is 8.40. The predicted octanol–water partition coefficient (Wildman–Crippen LogP) is 3.68. The maximum atomic E-state index is 10.3. The van der Waals surface area contributed by atoms with Gasteiger partial charge in [0.25, 0.3) is 0 Å². The highest BCUT2D eigenvalue weighted by atomic mass is 16.5. The van der Waals surface area contributed by atoms with Crippen LogP contribution in [0.4, 0.5) is 0 Å². The fourth-order valence-corrected chi connectivity index (χ4v) is 3.14. The van der Waals surface area contributed by atoms with E-state index in [2.05, 4.69) is 12.2 Å². The lowest BCUT2D eigenvalue weighted by Gasteiger charge is -2.30. The first-order chi connectivity index (χ1) is 10.2. The molecule has 3 unspecified atom stereocenters. The molecule has 1 saturated carbocycles. The summed E-state index contributed by atoms with van der Waals surface area (Å²) in [4.78, 5) is 0. The van der Waals surface area contributed by atoms with Crippen molar-refractivity contribution in [2.45, 2.75) is 58.1 Å². The number of nitrogens with one attached hydrogen (secondary N) is 1. The molecule has 1 aliphatic rings. The molecule has 3 heteroatoms. The van der Waals surface area contributed by atoms with E-state index in [1.54, 1.807) is 0 Å². The Morgan fingerprint density at radius 2 is 1.95 bits per heavy atom. The lowest BCUT2D eigenvalue weighted by molar-refractivity contribution is 0.161. The Kier molecular flexibility index (Phi) is 6.52. The van der Waals surface area contributed by atoms with Crippen molar-refractivity contribution in [1.82, 2.24) is 5.32 Å². The number of rotatable bonds is 7. The minimum atomic E-state index is -0.396. The van der Waals surface area contributed by atoms with E-state index in [-0.39, 0.29) is 0 Å². The average Bonchev–Trinajstić information content (AvgIpc) is 2.50. The van der Waals surface area contributed by atoms with E-state index >= 15 is 0 Å². The van der Waals surface area contributed by atoms with Crippen LogP contribution in [0.1, 0.15) is 57.6 Å². The van der Waals surface area contributed by atoms with Crippen molar-refractivity contribution in [3.8, 4) is 5.75 Å². The highest BCUT2D eigenvalue weighted by Crippen LogP contribution is 2.24. The van der Waals surface area contributed by atoms with E-state index < -0.39 is 6.10 Å². The molecule has 0 amide bonds. The van der Waals surface area contributed by atoms with Gasteiger partial charge in [0.2, 0.25) is 0 Å². The molecule has 0 radical (unpaired) electrons. The largest absolute Gasteiger partial charge is 0.494 e. The second-order valence-electron chi connectivity index (χ2n) is 6.13. The highest BCUT2D eigenvalue weighted by molar-refractivity contribution is 5.28. The van der Waals surface area contributed by atoms with Gasteiger partial charge in [0.1, 0.15) is 5.75 Å². The quantitative estimate of drug-likeness (QED) is 0.805. The first-order valence-electron chi connectivity index (χ1n) is 8.35. The fourth-order valence-electron chi connectivity index (χ4n) is 3.14. The normalized spacial score (nSPS) is 23.8. The number of aliphatic hydroxyl groups excluding tert-OH is 1. The molecule has 2 rings (SSSR count). The second-order valence-corrected chi connectivity index (χ2v) is 6.13. The maximum absolute atomic E-state index is 10.3. The minimum Gasteiger partial charge on any atom is -0.494 e. The summed E-state index contributed by atoms with van der Waals surface area (Å²) in [7, 11) is 0. The third-order valence-electron chi connectivity index (χ3n) is 4.51. The summed E-state index contributed by atoms with van der Waals surface area (Å²) in [5, 5.41) is 13.9. The van der Waals surface area contributed by atoms with Crippen LogP contribution < -0.4 is 10.1 Å². The molecule has 0 bridgehead atoms. The van der Waals surface area contributed by atoms with Crippen LogP contribution in [0, 0.1) is 5.92 Å². The third-order valence-corrected chi connectivity index (χ3v) is 4.51. The summed E-state index contributed by atoms with van der Waals surface area (Å²) in [5.74, 6) is 1.63. The number of aliphatic hydroxyl groups is 1. The standard InChI is InChI=1S/C18H29NO2/c1-3-21-16-10-8-15(9-11-16)18(20)12-13-19-17-7-5-4-6-14(17)2/h8-11,14,17-20H,3-7,12-13H2,1-2H3. The molecule has 1 aromatic rings. The van der Waals surface area contributed by atoms with Gasteiger partial charge in [-0.15, -0.1) is 0 Å². The SMILES string of the molecule is CCOc1ccc(C(O)CCNC2CCCCC2C)cc1. The molecule has 0 aromatic heterocycles. The molecule has 118 valence electrons. The summed E-state index contributed by atoms with van der Waals surface area (Å²) in [6.07, 6.45) is 5.68. The zero-order valence-electron chi connectivity index (χ0n) is 13.3. The Hall–Kier alpha value is -1.06. The molecule has 3 atom stereocenters. The highest BCUT2D eigenvalue weighted by Gasteiger charge is 2.20. The Bertz CT molecular complexity index is 404. The smallest absolute Gasteiger partial charge is 0.119 e. The van der Waals surface area contributed by atoms with Gasteiger partial charge >= 0.3 is 0 Å². The van der Waals surface area contributed by atoms with Gasteiger partial charge in [-0.25, -0.2) is 0 Å². The van der Waals surface area contributed by atoms with Crippen LogP contribution in [0.15, 0.2) is 24.3 Å². The van der Waals surface area contributed by atoms with E-state index in [9.17, 15) is 5.11 Å². The van der Waals surface area contributed by atoms with Crippen molar-refractivity contribution in [2.24, 2.45) is 5.92 Å². The molecule has 1 aromatic carbocycles. The summed E-state index contributed by atoms with van der Waals surface area (Å²) in [6.45, 7) is 5.86. The number of hydrogen-bond acceptors (Lipinski definition) is 3. The Balaban J connectivity index is 1.74. The maximum Gasteiger partial charge on any atom is 0.119 e. The van der Waals surface area contributed by atoms with Crippen molar-refractivity contribution in [2.75, 3.05) is 13.2 Å². The molecule has 0 heterocycles. The van der Waals surface area contributed by atoms with E-state index in [1.807, 2.05) is 31.2 Å². The number of ether oxygens (including phenoxy) is 1. The van der Waals surface area contributed by atoms with Crippen LogP contribution >= 0.6 is 0 Å². The summed E-state index contributed by atoms with van der Waals surface area (Å²) >= 11 is 0. The first-order valence-corrected chi connectivity index (χ1v) is 8.35. The Morgan fingerprint density at radius 3 is 2.62 bits per heavy atom. The predicted molar refractivity (Wildman–Crippen MR) is 86.6 cm³/mol. The average molecular weight is 291 g/mol. The van der Waals surface area contributed by atoms with Gasteiger partial charge in [-0.05, 0) is 56.3 Å². The van der Waals surface area contributed by atoms with Crippen molar-refractivity contribution < 1.29 is 9.84 Å². The topological polar surface area (TPSA) is 41.5 Å². The lowest BCUT2D eigenvalue weighted by Crippen LogP contribution is -2.38. The zero-order valence-corrected chi connectivity index (χ0v) is 13.3. The third kappa shape index (κ3) is 5.01. The van der Waals surface area contributed by atoms with Crippen LogP contribution in [-0.2, 0) is 0 Å². The zero-order chi connectivity index (χ0) is 15.1. The molecule has 3 nitrogen and oxygen atoms in total. The van der Waals surface area contributed by atoms with Gasteiger partial charge in [0.05, 0.1) is 12.7 Å². The second kappa shape index (κ2) is 8.40. The van der Waals surface area contributed by atoms with Gasteiger partial charge in [0.15, 0.2) is 0 Å². The van der Waals surface area contributed by atoms with Crippen molar-refractivity contribution in [3.05, 3.63) is 29.8 Å². The first kappa shape index (κ1) is 16.3. The van der Waals surface area contributed by atoms with Crippen LogP contribution in [0.25, 0.3) is 0 Å². The van der Waals surface area contributed by atoms with Gasteiger partial charge in [-0.2, -0.15) is 0 Å². The summed E-state index contributed by atoms with van der Waals surface area (Å²) in [5.41, 5.74) is 0.969. The van der Waals surface area contributed by atoms with Gasteiger partial charge in [-0.3, -0.25) is 0 Å².